The Hall–Kier alpha value is -2.14. The normalized spacial score (nSPS) is 12.3. The van der Waals surface area contributed by atoms with E-state index in [1.807, 2.05) is 49.3 Å². The van der Waals surface area contributed by atoms with Gasteiger partial charge in [0.2, 0.25) is 0 Å². The molecule has 1 aromatic carbocycles. The van der Waals surface area contributed by atoms with Crippen LogP contribution in [0.2, 0.25) is 0 Å². The molecule has 23 heavy (non-hydrogen) atoms. The second-order valence-electron chi connectivity index (χ2n) is 6.14. The summed E-state index contributed by atoms with van der Waals surface area (Å²) >= 11 is 0. The van der Waals surface area contributed by atoms with Gasteiger partial charge in [-0.05, 0) is 33.2 Å². The van der Waals surface area contributed by atoms with Crippen LogP contribution in [-0.2, 0) is 4.79 Å². The van der Waals surface area contributed by atoms with Gasteiger partial charge >= 0.3 is 0 Å². The summed E-state index contributed by atoms with van der Waals surface area (Å²) in [7, 11) is 3.88. The molecule has 1 amide bonds. The molecule has 0 bridgehead atoms. The fourth-order valence-corrected chi connectivity index (χ4v) is 2.14. The highest BCUT2D eigenvalue weighted by atomic mass is 16.3. The monoisotopic (exact) mass is 317 g/mol. The van der Waals surface area contributed by atoms with Gasteiger partial charge in [0, 0.05) is 30.4 Å². The van der Waals surface area contributed by atoms with E-state index < -0.39 is 0 Å². The van der Waals surface area contributed by atoms with Crippen LogP contribution in [0.15, 0.2) is 41.7 Å². The number of hydrogen-bond acceptors (Lipinski definition) is 4. The molecule has 0 heterocycles. The largest absolute Gasteiger partial charge is 0.511 e. The van der Waals surface area contributed by atoms with Gasteiger partial charge in [-0.2, -0.15) is 0 Å². The molecule has 1 rings (SSSR count). The zero-order valence-electron chi connectivity index (χ0n) is 14.6. The molecule has 5 heteroatoms. The number of rotatable bonds is 7. The predicted octanol–water partition coefficient (Wildman–Crippen LogP) is 3.09. The molecule has 0 saturated heterocycles. The summed E-state index contributed by atoms with van der Waals surface area (Å²) in [6.07, 6.45) is 0. The molecular weight excluding hydrogens is 290 g/mol. The van der Waals surface area contributed by atoms with E-state index in [2.05, 4.69) is 0 Å². The first kappa shape index (κ1) is 18.9. The minimum Gasteiger partial charge on any atom is -0.511 e. The lowest BCUT2D eigenvalue weighted by molar-refractivity contribution is -0.114. The third kappa shape index (κ3) is 5.21. The average Bonchev–Trinajstić information content (AvgIpc) is 2.47. The number of aliphatic hydroxyl groups is 1. The van der Waals surface area contributed by atoms with Crippen molar-refractivity contribution in [3.63, 3.8) is 0 Å². The summed E-state index contributed by atoms with van der Waals surface area (Å²) in [6, 6.07) is 9.35. The van der Waals surface area contributed by atoms with E-state index >= 15 is 0 Å². The number of carbonyl (C=O) groups excluding carboxylic acids is 1. The molecule has 126 valence electrons. The Morgan fingerprint density at radius 1 is 1.17 bits per heavy atom. The number of allylic oxidation sites excluding steroid dienone is 1. The second kappa shape index (κ2) is 8.48. The van der Waals surface area contributed by atoms with Gasteiger partial charge in [0.05, 0.1) is 5.57 Å². The van der Waals surface area contributed by atoms with Gasteiger partial charge in [-0.25, -0.2) is 0 Å². The molecule has 1 aromatic rings. The second-order valence-corrected chi connectivity index (χ2v) is 6.14. The highest BCUT2D eigenvalue weighted by Gasteiger charge is 2.25. The third-order valence-electron chi connectivity index (χ3n) is 3.48. The number of amides is 1. The van der Waals surface area contributed by atoms with E-state index in [1.165, 1.54) is 6.92 Å². The van der Waals surface area contributed by atoms with Gasteiger partial charge in [0.15, 0.2) is 0 Å². The lowest BCUT2D eigenvalue weighted by Crippen LogP contribution is -2.39. The Morgan fingerprint density at radius 3 is 2.17 bits per heavy atom. The summed E-state index contributed by atoms with van der Waals surface area (Å²) in [5.41, 5.74) is 0.921. The molecule has 0 aliphatic rings. The van der Waals surface area contributed by atoms with E-state index in [0.717, 1.165) is 5.69 Å². The number of nitrogens with zero attached hydrogens (tertiary/aromatic N) is 2. The number of hydrogen-bond donors (Lipinski definition) is 2. The molecule has 0 fully saturated rings. The molecule has 0 saturated carbocycles. The van der Waals surface area contributed by atoms with Crippen molar-refractivity contribution in [1.82, 2.24) is 4.90 Å². The number of aliphatic hydroxyl groups excluding tert-OH is 1. The zero-order chi connectivity index (χ0) is 17.6. The standard InChI is InChI=1S/C18H27N3O2/c1-13(2)17(22)16(14(3)19)18(23)21(12-11-20(4)5)15-9-7-6-8-10-15/h6-10,13,19,22H,11-12H2,1-5H3. The van der Waals surface area contributed by atoms with E-state index in [-0.39, 0.29) is 28.9 Å². The molecule has 0 radical (unpaired) electrons. The Bertz CT molecular complexity index is 577. The van der Waals surface area contributed by atoms with Crippen LogP contribution < -0.4 is 4.90 Å². The van der Waals surface area contributed by atoms with Gasteiger partial charge in [-0.15, -0.1) is 0 Å². The van der Waals surface area contributed by atoms with Gasteiger partial charge in [0.1, 0.15) is 5.76 Å². The van der Waals surface area contributed by atoms with Crippen LogP contribution in [0.4, 0.5) is 5.69 Å². The summed E-state index contributed by atoms with van der Waals surface area (Å²) < 4.78 is 0. The molecule has 0 aromatic heterocycles. The Balaban J connectivity index is 3.26. The van der Waals surface area contributed by atoms with Crippen molar-refractivity contribution in [2.45, 2.75) is 20.8 Å². The van der Waals surface area contributed by atoms with Crippen molar-refractivity contribution < 1.29 is 9.90 Å². The highest BCUT2D eigenvalue weighted by Crippen LogP contribution is 2.20. The van der Waals surface area contributed by atoms with Crippen molar-refractivity contribution in [3.05, 3.63) is 41.7 Å². The first-order valence-electron chi connectivity index (χ1n) is 7.76. The lowest BCUT2D eigenvalue weighted by Gasteiger charge is -2.26. The van der Waals surface area contributed by atoms with Gasteiger partial charge in [0.25, 0.3) is 5.91 Å². The number of nitrogens with one attached hydrogen (secondary N) is 1. The first-order chi connectivity index (χ1) is 10.8. The van der Waals surface area contributed by atoms with E-state index in [1.54, 1.807) is 18.7 Å². The minimum absolute atomic E-state index is 0.0340. The molecule has 0 aliphatic heterocycles. The van der Waals surface area contributed by atoms with Crippen molar-refractivity contribution in [3.8, 4) is 0 Å². The SMILES string of the molecule is CC(=N)C(C(=O)N(CCN(C)C)c1ccccc1)=C(O)C(C)C. The van der Waals surface area contributed by atoms with Crippen molar-refractivity contribution >= 4 is 17.3 Å². The van der Waals surface area contributed by atoms with Crippen LogP contribution in [-0.4, -0.2) is 48.8 Å². The summed E-state index contributed by atoms with van der Waals surface area (Å²) in [5, 5.41) is 18.2. The smallest absolute Gasteiger partial charge is 0.263 e. The van der Waals surface area contributed by atoms with Crippen LogP contribution >= 0.6 is 0 Å². The predicted molar refractivity (Wildman–Crippen MR) is 95.2 cm³/mol. The maximum Gasteiger partial charge on any atom is 0.263 e. The van der Waals surface area contributed by atoms with Gasteiger partial charge in [-0.1, -0.05) is 32.0 Å². The van der Waals surface area contributed by atoms with Gasteiger partial charge < -0.3 is 20.3 Å². The van der Waals surface area contributed by atoms with Crippen LogP contribution in [0.5, 0.6) is 0 Å². The number of benzene rings is 1. The average molecular weight is 317 g/mol. The van der Waals surface area contributed by atoms with Gasteiger partial charge in [-0.3, -0.25) is 4.79 Å². The fourth-order valence-electron chi connectivity index (χ4n) is 2.14. The van der Waals surface area contributed by atoms with Crippen LogP contribution in [0.25, 0.3) is 0 Å². The molecule has 5 nitrogen and oxygen atoms in total. The minimum atomic E-state index is -0.336. The van der Waals surface area contributed by atoms with Crippen molar-refractivity contribution in [2.75, 3.05) is 32.1 Å². The van der Waals surface area contributed by atoms with Crippen molar-refractivity contribution in [1.29, 1.82) is 5.41 Å². The molecule has 2 N–H and O–H groups in total. The fraction of sp³-hybridized carbons (Fsp3) is 0.444. The van der Waals surface area contributed by atoms with Crippen LogP contribution in [0.3, 0.4) is 0 Å². The molecule has 0 atom stereocenters. The third-order valence-corrected chi connectivity index (χ3v) is 3.48. The summed E-state index contributed by atoms with van der Waals surface area (Å²) in [4.78, 5) is 16.6. The van der Waals surface area contributed by atoms with Crippen LogP contribution in [0, 0.1) is 11.3 Å². The molecule has 0 aliphatic carbocycles. The highest BCUT2D eigenvalue weighted by molar-refractivity contribution is 6.24. The van der Waals surface area contributed by atoms with E-state index in [9.17, 15) is 9.90 Å². The summed E-state index contributed by atoms with van der Waals surface area (Å²) in [6.45, 7) is 6.31. The van der Waals surface area contributed by atoms with Crippen molar-refractivity contribution in [2.24, 2.45) is 5.92 Å². The maximum atomic E-state index is 13.0. The first-order valence-corrected chi connectivity index (χ1v) is 7.76. The summed E-state index contributed by atoms with van der Waals surface area (Å²) in [5.74, 6) is -0.578. The Kier molecular flexibility index (Phi) is 6.97. The Morgan fingerprint density at radius 2 is 1.74 bits per heavy atom. The Labute approximate surface area is 138 Å². The number of likely N-dealkylation sites (N-methyl/N-ethyl adjacent to an activating group) is 1. The topological polar surface area (TPSA) is 67.6 Å². The van der Waals surface area contributed by atoms with E-state index in [4.69, 9.17) is 5.41 Å². The zero-order valence-corrected chi connectivity index (χ0v) is 14.6. The molecule has 0 spiro atoms. The molecular formula is C18H27N3O2. The van der Waals surface area contributed by atoms with E-state index in [0.29, 0.717) is 13.1 Å². The van der Waals surface area contributed by atoms with Crippen LogP contribution in [0.1, 0.15) is 20.8 Å². The quantitative estimate of drug-likeness (QED) is 0.461. The molecule has 0 unspecified atom stereocenters. The number of anilines is 1. The number of para-hydroxylation sites is 1. The number of carbonyl (C=O) groups is 1. The maximum absolute atomic E-state index is 13.0. The lowest BCUT2D eigenvalue weighted by atomic mass is 10.0.